The molecule has 0 amide bonds. The summed E-state index contributed by atoms with van der Waals surface area (Å²) in [6.45, 7) is -2.58. The molecule has 0 spiro atoms. The second-order valence-corrected chi connectivity index (χ2v) is 9.43. The topological polar surface area (TPSA) is 138 Å². The van der Waals surface area contributed by atoms with Crippen LogP contribution in [0.2, 0.25) is 0 Å². The Morgan fingerprint density at radius 2 is 0.902 bits per heavy atom. The predicted octanol–water partition coefficient (Wildman–Crippen LogP) is 3.56. The van der Waals surface area contributed by atoms with Crippen molar-refractivity contribution in [3.8, 4) is 0 Å². The molecule has 0 aliphatic carbocycles. The van der Waals surface area contributed by atoms with Crippen LogP contribution in [0.3, 0.4) is 0 Å². The highest BCUT2D eigenvalue weighted by Gasteiger charge is 2.68. The van der Waals surface area contributed by atoms with E-state index in [2.05, 4.69) is 0 Å². The second-order valence-electron chi connectivity index (χ2n) is 9.43. The van der Waals surface area contributed by atoms with E-state index >= 15 is 0 Å². The van der Waals surface area contributed by atoms with Gasteiger partial charge < -0.3 is 20.1 Å². The van der Waals surface area contributed by atoms with Gasteiger partial charge in [-0.3, -0.25) is 14.4 Å². The predicted molar refractivity (Wildman–Crippen MR) is 150 cm³/mol. The minimum atomic E-state index is -3.10. The van der Waals surface area contributed by atoms with E-state index in [0.717, 1.165) is 0 Å². The number of hydrogen-bond acceptors (Lipinski definition) is 8. The van der Waals surface area contributed by atoms with E-state index in [0.29, 0.717) is 0 Å². The molecule has 1 unspecified atom stereocenters. The average molecular weight is 553 g/mol. The van der Waals surface area contributed by atoms with E-state index in [1.165, 1.54) is 97.1 Å². The van der Waals surface area contributed by atoms with Crippen molar-refractivity contribution in [2.75, 3.05) is 13.2 Å². The first-order valence-electron chi connectivity index (χ1n) is 12.8. The maximum absolute atomic E-state index is 14.5. The monoisotopic (exact) mass is 552 g/mol. The van der Waals surface area contributed by atoms with Gasteiger partial charge >= 0.3 is 5.97 Å². The Morgan fingerprint density at radius 1 is 0.561 bits per heavy atom. The van der Waals surface area contributed by atoms with E-state index in [1.54, 1.807) is 24.3 Å². The summed E-state index contributed by atoms with van der Waals surface area (Å²) < 4.78 is 5.84. The molecule has 0 radical (unpaired) electrons. The fourth-order valence-corrected chi connectivity index (χ4v) is 4.76. The lowest BCUT2D eigenvalue weighted by molar-refractivity contribution is -0.134. The maximum atomic E-state index is 14.5. The molecule has 0 saturated heterocycles. The van der Waals surface area contributed by atoms with Gasteiger partial charge in [-0.2, -0.15) is 0 Å². The zero-order chi connectivity index (χ0) is 29.5. The zero-order valence-electron chi connectivity index (χ0n) is 21.9. The second kappa shape index (κ2) is 12.6. The number of aliphatic hydroxyl groups is 3. The molecule has 208 valence electrons. The van der Waals surface area contributed by atoms with Crippen molar-refractivity contribution in [1.29, 1.82) is 0 Å². The van der Waals surface area contributed by atoms with Crippen LogP contribution in [0.15, 0.2) is 121 Å². The molecule has 0 heterocycles. The molecule has 41 heavy (non-hydrogen) atoms. The van der Waals surface area contributed by atoms with Crippen LogP contribution in [0.4, 0.5) is 0 Å². The fourth-order valence-electron chi connectivity index (χ4n) is 4.76. The Balaban J connectivity index is 2.05. The third-order valence-corrected chi connectivity index (χ3v) is 7.06. The normalized spacial score (nSPS) is 12.3. The molecule has 0 saturated carbocycles. The molecule has 8 nitrogen and oxygen atoms in total. The van der Waals surface area contributed by atoms with Crippen molar-refractivity contribution in [2.24, 2.45) is 5.41 Å². The van der Waals surface area contributed by atoms with E-state index in [-0.39, 0.29) is 22.3 Å². The number of ether oxygens (including phenoxy) is 1. The summed E-state index contributed by atoms with van der Waals surface area (Å²) in [6, 6.07) is 29.7. The van der Waals surface area contributed by atoms with Gasteiger partial charge in [0.05, 0.1) is 18.8 Å². The van der Waals surface area contributed by atoms with Crippen molar-refractivity contribution in [1.82, 2.24) is 0 Å². The Morgan fingerprint density at radius 3 is 1.27 bits per heavy atom. The first-order valence-corrected chi connectivity index (χ1v) is 12.8. The van der Waals surface area contributed by atoms with Gasteiger partial charge in [-0.15, -0.1) is 0 Å². The number of rotatable bonds is 12. The summed E-state index contributed by atoms with van der Waals surface area (Å²) in [5.74, 6) is -4.43. The number of carbonyl (C=O) groups is 4. The minimum Gasteiger partial charge on any atom is -0.438 e. The summed E-state index contributed by atoms with van der Waals surface area (Å²) in [4.78, 5) is 56.3. The highest BCUT2D eigenvalue weighted by atomic mass is 16.6. The van der Waals surface area contributed by atoms with Gasteiger partial charge in [-0.1, -0.05) is 109 Å². The first kappa shape index (κ1) is 29.2. The first-order chi connectivity index (χ1) is 19.8. The van der Waals surface area contributed by atoms with Crippen LogP contribution in [0.25, 0.3) is 0 Å². The Bertz CT molecular complexity index is 1450. The van der Waals surface area contributed by atoms with Gasteiger partial charge in [-0.25, -0.2) is 4.79 Å². The third kappa shape index (κ3) is 5.36. The van der Waals surface area contributed by atoms with Gasteiger partial charge in [-0.05, 0) is 12.1 Å². The van der Waals surface area contributed by atoms with Gasteiger partial charge in [0.15, 0.2) is 5.78 Å². The number of carbonyl (C=O) groups excluding carboxylic acids is 4. The van der Waals surface area contributed by atoms with Gasteiger partial charge in [0, 0.05) is 16.7 Å². The molecular formula is C33H28O8. The molecule has 0 aliphatic heterocycles. The molecule has 3 N–H and O–H groups in total. The van der Waals surface area contributed by atoms with Crippen LogP contribution in [-0.4, -0.2) is 63.6 Å². The Hall–Kier alpha value is -4.76. The van der Waals surface area contributed by atoms with Gasteiger partial charge in [0.25, 0.3) is 0 Å². The van der Waals surface area contributed by atoms with Gasteiger partial charge in [0.1, 0.15) is 11.5 Å². The molecule has 0 fully saturated rings. The summed E-state index contributed by atoms with van der Waals surface area (Å²) >= 11 is 0. The van der Waals surface area contributed by atoms with Crippen LogP contribution in [0.1, 0.15) is 41.4 Å². The summed E-state index contributed by atoms with van der Waals surface area (Å²) in [5.41, 5.74) is -6.15. The molecule has 0 aliphatic rings. The van der Waals surface area contributed by atoms with Crippen molar-refractivity contribution < 1.29 is 39.2 Å². The summed E-state index contributed by atoms with van der Waals surface area (Å²) in [6.07, 6.45) is -2.37. The van der Waals surface area contributed by atoms with Crippen LogP contribution in [0, 0.1) is 5.41 Å². The number of Topliss-reactive ketones (excluding diaryl/α,β-unsaturated/α-hetero) is 3. The van der Waals surface area contributed by atoms with E-state index in [9.17, 15) is 34.5 Å². The van der Waals surface area contributed by atoms with E-state index < -0.39 is 53.7 Å². The van der Waals surface area contributed by atoms with Crippen molar-refractivity contribution in [3.05, 3.63) is 144 Å². The molecule has 4 aromatic rings. The lowest BCUT2D eigenvalue weighted by atomic mass is 9.61. The third-order valence-electron chi connectivity index (χ3n) is 7.06. The molecule has 4 rings (SSSR count). The number of hydrogen-bond donors (Lipinski definition) is 3. The van der Waals surface area contributed by atoms with Crippen LogP contribution in [-0.2, 0) is 4.74 Å². The van der Waals surface area contributed by atoms with Crippen molar-refractivity contribution in [2.45, 2.75) is 11.7 Å². The molecule has 8 heteroatoms. The molecule has 0 bridgehead atoms. The van der Waals surface area contributed by atoms with Crippen LogP contribution in [0.5, 0.6) is 0 Å². The standard InChI is InChI=1S/C33H28O8/c34-21-32(22-35,30(39)27(36)23-13-5-1-6-14-23)33(28(37)24-15-7-2-8-16-24,29(38)25-17-9-3-10-18-25)41-31(40)26-19-11-4-12-20-26/h1-20,30,34-35,39H,21-22H2. The number of benzene rings is 4. The minimum absolute atomic E-state index is 0.0196. The van der Waals surface area contributed by atoms with E-state index in [4.69, 9.17) is 4.74 Å². The zero-order valence-corrected chi connectivity index (χ0v) is 21.9. The SMILES string of the molecule is O=C(OC(C(=O)c1ccccc1)(C(=O)c1ccccc1)C(CO)(CO)C(O)C(=O)c1ccccc1)c1ccccc1. The molecule has 1 atom stereocenters. The Labute approximate surface area is 236 Å². The van der Waals surface area contributed by atoms with E-state index in [1.807, 2.05) is 0 Å². The van der Waals surface area contributed by atoms with Crippen molar-refractivity contribution in [3.63, 3.8) is 0 Å². The molecule has 0 aromatic heterocycles. The lowest BCUT2D eigenvalue weighted by Gasteiger charge is -2.47. The lowest BCUT2D eigenvalue weighted by Crippen LogP contribution is -2.70. The number of ketones is 3. The fraction of sp³-hybridized carbons (Fsp3) is 0.152. The van der Waals surface area contributed by atoms with Gasteiger partial charge in [0.2, 0.25) is 17.2 Å². The highest BCUT2D eigenvalue weighted by molar-refractivity contribution is 6.25. The molecular weight excluding hydrogens is 524 g/mol. The highest BCUT2D eigenvalue weighted by Crippen LogP contribution is 2.44. The summed E-state index contributed by atoms with van der Waals surface area (Å²) in [7, 11) is 0. The summed E-state index contributed by atoms with van der Waals surface area (Å²) in [5, 5.41) is 33.4. The maximum Gasteiger partial charge on any atom is 0.339 e. The van der Waals surface area contributed by atoms with Crippen molar-refractivity contribution >= 4 is 23.3 Å². The smallest absolute Gasteiger partial charge is 0.339 e. The number of aliphatic hydroxyl groups excluding tert-OH is 3. The average Bonchev–Trinajstić information content (AvgIpc) is 3.05. The number of esters is 1. The van der Waals surface area contributed by atoms with Crippen LogP contribution < -0.4 is 0 Å². The molecule has 4 aromatic carbocycles. The van der Waals surface area contributed by atoms with Crippen LogP contribution >= 0.6 is 0 Å². The Kier molecular flexibility index (Phi) is 8.99. The largest absolute Gasteiger partial charge is 0.438 e. The quantitative estimate of drug-likeness (QED) is 0.138.